The Balaban J connectivity index is 3.12. The number of carboxylic acid groups (broad SMARTS) is 1. The van der Waals surface area contributed by atoms with E-state index in [1.54, 1.807) is 12.1 Å². The van der Waals surface area contributed by atoms with E-state index in [2.05, 4.69) is 0 Å². The van der Waals surface area contributed by atoms with Gasteiger partial charge in [-0.15, -0.1) is 0 Å². The van der Waals surface area contributed by atoms with Gasteiger partial charge in [-0.25, -0.2) is 0 Å². The summed E-state index contributed by atoms with van der Waals surface area (Å²) in [6, 6.07) is 3.43. The van der Waals surface area contributed by atoms with Crippen LogP contribution in [0, 0.1) is 6.92 Å². The van der Waals surface area contributed by atoms with Gasteiger partial charge in [-0.1, -0.05) is 29.3 Å². The maximum atomic E-state index is 10.4. The lowest BCUT2D eigenvalue weighted by Gasteiger charge is -2.04. The van der Waals surface area contributed by atoms with Crippen LogP contribution in [0.5, 0.6) is 0 Å². The Morgan fingerprint density at radius 3 is 2.62 bits per heavy atom. The number of hydrogen-bond acceptors (Lipinski definition) is 1. The van der Waals surface area contributed by atoms with Gasteiger partial charge >= 0.3 is 5.97 Å². The van der Waals surface area contributed by atoms with Crippen molar-refractivity contribution < 1.29 is 9.90 Å². The van der Waals surface area contributed by atoms with Crippen LogP contribution in [0.15, 0.2) is 12.1 Å². The van der Waals surface area contributed by atoms with Crippen molar-refractivity contribution in [1.29, 1.82) is 0 Å². The summed E-state index contributed by atoms with van der Waals surface area (Å²) in [6.45, 7) is 1.84. The standard InChI is InChI=1S/C9H8Cl2O2/c1-5-2-6(4-8(12)13)9(11)7(10)3-5/h2-3H,4H2,1H3,(H,12,13). The summed E-state index contributed by atoms with van der Waals surface area (Å²) in [5.74, 6) is -0.913. The smallest absolute Gasteiger partial charge is 0.307 e. The lowest BCUT2D eigenvalue weighted by molar-refractivity contribution is -0.136. The van der Waals surface area contributed by atoms with Crippen molar-refractivity contribution in [3.63, 3.8) is 0 Å². The van der Waals surface area contributed by atoms with Crippen LogP contribution in [0.4, 0.5) is 0 Å². The zero-order chi connectivity index (χ0) is 10.0. The molecule has 0 aliphatic rings. The molecule has 1 rings (SSSR count). The molecule has 0 atom stereocenters. The molecule has 0 aliphatic heterocycles. The van der Waals surface area contributed by atoms with Crippen LogP contribution in [0.1, 0.15) is 11.1 Å². The van der Waals surface area contributed by atoms with Crippen molar-refractivity contribution in [3.8, 4) is 0 Å². The third-order valence-corrected chi connectivity index (χ3v) is 2.43. The molecule has 4 heteroatoms. The summed E-state index contributed by atoms with van der Waals surface area (Å²) in [7, 11) is 0. The Bertz CT molecular complexity index is 348. The minimum absolute atomic E-state index is 0.0970. The number of aliphatic carboxylic acids is 1. The van der Waals surface area contributed by atoms with Crippen molar-refractivity contribution in [3.05, 3.63) is 33.3 Å². The zero-order valence-electron chi connectivity index (χ0n) is 6.97. The number of carboxylic acids is 1. The molecule has 0 amide bonds. The molecule has 0 aliphatic carbocycles. The van der Waals surface area contributed by atoms with Crippen molar-refractivity contribution >= 4 is 29.2 Å². The van der Waals surface area contributed by atoms with Gasteiger partial charge in [0.15, 0.2) is 0 Å². The molecule has 0 unspecified atom stereocenters. The quantitative estimate of drug-likeness (QED) is 0.830. The van der Waals surface area contributed by atoms with Gasteiger partial charge in [0, 0.05) is 0 Å². The molecule has 2 nitrogen and oxygen atoms in total. The number of carbonyl (C=O) groups is 1. The second-order valence-corrected chi connectivity index (χ2v) is 3.58. The predicted octanol–water partition coefficient (Wildman–Crippen LogP) is 2.93. The highest BCUT2D eigenvalue weighted by Gasteiger charge is 2.09. The van der Waals surface area contributed by atoms with Gasteiger partial charge in [-0.05, 0) is 24.1 Å². The highest BCUT2D eigenvalue weighted by molar-refractivity contribution is 6.42. The van der Waals surface area contributed by atoms with E-state index in [1.165, 1.54) is 0 Å². The lowest BCUT2D eigenvalue weighted by atomic mass is 10.1. The molecule has 0 saturated carbocycles. The monoisotopic (exact) mass is 218 g/mol. The Labute approximate surface area is 86.1 Å². The van der Waals surface area contributed by atoms with Gasteiger partial charge in [0.2, 0.25) is 0 Å². The first-order chi connectivity index (χ1) is 6.00. The van der Waals surface area contributed by atoms with E-state index in [4.69, 9.17) is 28.3 Å². The zero-order valence-corrected chi connectivity index (χ0v) is 8.49. The molecule has 13 heavy (non-hydrogen) atoms. The Hall–Kier alpha value is -0.730. The Morgan fingerprint density at radius 2 is 2.08 bits per heavy atom. The first-order valence-electron chi connectivity index (χ1n) is 3.67. The number of halogens is 2. The average Bonchev–Trinajstić information content (AvgIpc) is 1.98. The molecular weight excluding hydrogens is 211 g/mol. The highest BCUT2D eigenvalue weighted by Crippen LogP contribution is 2.27. The van der Waals surface area contributed by atoms with Crippen LogP contribution in [-0.2, 0) is 11.2 Å². The van der Waals surface area contributed by atoms with Crippen molar-refractivity contribution in [1.82, 2.24) is 0 Å². The van der Waals surface area contributed by atoms with Gasteiger partial charge in [-0.3, -0.25) is 4.79 Å². The summed E-state index contributed by atoms with van der Waals surface area (Å²) in [6.07, 6.45) is -0.0970. The van der Waals surface area contributed by atoms with Gasteiger partial charge in [0.1, 0.15) is 0 Å². The van der Waals surface area contributed by atoms with Crippen LogP contribution < -0.4 is 0 Å². The van der Waals surface area contributed by atoms with Gasteiger partial charge < -0.3 is 5.11 Å². The second-order valence-electron chi connectivity index (χ2n) is 2.79. The van der Waals surface area contributed by atoms with E-state index in [-0.39, 0.29) is 6.42 Å². The third-order valence-electron chi connectivity index (χ3n) is 1.59. The van der Waals surface area contributed by atoms with Crippen LogP contribution in [0.25, 0.3) is 0 Å². The van der Waals surface area contributed by atoms with E-state index in [0.717, 1.165) is 5.56 Å². The van der Waals surface area contributed by atoms with Crippen molar-refractivity contribution in [2.45, 2.75) is 13.3 Å². The first kappa shape index (κ1) is 10.4. The summed E-state index contributed by atoms with van der Waals surface area (Å²) < 4.78 is 0. The van der Waals surface area contributed by atoms with E-state index in [0.29, 0.717) is 15.6 Å². The maximum Gasteiger partial charge on any atom is 0.307 e. The topological polar surface area (TPSA) is 37.3 Å². The lowest BCUT2D eigenvalue weighted by Crippen LogP contribution is -2.01. The normalized spacial score (nSPS) is 10.1. The predicted molar refractivity (Wildman–Crippen MR) is 52.5 cm³/mol. The van der Waals surface area contributed by atoms with Crippen LogP contribution >= 0.6 is 23.2 Å². The van der Waals surface area contributed by atoms with Gasteiger partial charge in [0.05, 0.1) is 16.5 Å². The summed E-state index contributed by atoms with van der Waals surface area (Å²) in [5, 5.41) is 9.30. The minimum atomic E-state index is -0.913. The first-order valence-corrected chi connectivity index (χ1v) is 4.42. The summed E-state index contributed by atoms with van der Waals surface area (Å²) in [4.78, 5) is 10.4. The number of benzene rings is 1. The van der Waals surface area contributed by atoms with Gasteiger partial charge in [0.25, 0.3) is 0 Å². The van der Waals surface area contributed by atoms with E-state index in [9.17, 15) is 4.79 Å². The van der Waals surface area contributed by atoms with Crippen molar-refractivity contribution in [2.24, 2.45) is 0 Å². The fourth-order valence-corrected chi connectivity index (χ4v) is 1.56. The average molecular weight is 219 g/mol. The molecule has 0 bridgehead atoms. The molecule has 0 heterocycles. The number of rotatable bonds is 2. The van der Waals surface area contributed by atoms with E-state index >= 15 is 0 Å². The molecule has 1 N–H and O–H groups in total. The summed E-state index contributed by atoms with van der Waals surface area (Å²) in [5.41, 5.74) is 1.46. The largest absolute Gasteiger partial charge is 0.481 e. The molecular formula is C9H8Cl2O2. The van der Waals surface area contributed by atoms with Crippen LogP contribution in [-0.4, -0.2) is 11.1 Å². The maximum absolute atomic E-state index is 10.4. The molecule has 1 aromatic carbocycles. The molecule has 70 valence electrons. The molecule has 0 aromatic heterocycles. The van der Waals surface area contributed by atoms with Crippen LogP contribution in [0.2, 0.25) is 10.0 Å². The Morgan fingerprint density at radius 1 is 1.46 bits per heavy atom. The van der Waals surface area contributed by atoms with E-state index < -0.39 is 5.97 Å². The number of hydrogen-bond donors (Lipinski definition) is 1. The minimum Gasteiger partial charge on any atom is -0.481 e. The SMILES string of the molecule is Cc1cc(Cl)c(Cl)c(CC(=O)O)c1. The van der Waals surface area contributed by atoms with E-state index in [1.807, 2.05) is 6.92 Å². The molecule has 0 radical (unpaired) electrons. The van der Waals surface area contributed by atoms with Crippen LogP contribution in [0.3, 0.4) is 0 Å². The fourth-order valence-electron chi connectivity index (χ4n) is 1.09. The third kappa shape index (κ3) is 2.61. The molecule has 0 spiro atoms. The number of aryl methyl sites for hydroxylation is 1. The van der Waals surface area contributed by atoms with Gasteiger partial charge in [-0.2, -0.15) is 0 Å². The van der Waals surface area contributed by atoms with Crippen molar-refractivity contribution in [2.75, 3.05) is 0 Å². The molecule has 0 fully saturated rings. The summed E-state index contributed by atoms with van der Waals surface area (Å²) >= 11 is 11.6. The molecule has 0 saturated heterocycles. The highest BCUT2D eigenvalue weighted by atomic mass is 35.5. The Kier molecular flexibility index (Phi) is 3.17. The second kappa shape index (κ2) is 3.99. The molecule has 1 aromatic rings. The fraction of sp³-hybridized carbons (Fsp3) is 0.222.